The summed E-state index contributed by atoms with van der Waals surface area (Å²) >= 11 is 4.44. The molecule has 0 aliphatic heterocycles. The van der Waals surface area contributed by atoms with Crippen molar-refractivity contribution in [3.8, 4) is 0 Å². The second kappa shape index (κ2) is 9.76. The number of anilines is 2. The predicted octanol–water partition coefficient (Wildman–Crippen LogP) is 4.76. The van der Waals surface area contributed by atoms with Gasteiger partial charge in [0.15, 0.2) is 0 Å². The van der Waals surface area contributed by atoms with Crippen LogP contribution < -0.4 is 10.7 Å². The molecule has 1 aromatic heterocycles. The van der Waals surface area contributed by atoms with Crippen molar-refractivity contribution in [2.75, 3.05) is 16.5 Å². The van der Waals surface area contributed by atoms with Crippen LogP contribution in [-0.2, 0) is 11.0 Å². The molecule has 1 amide bonds. The zero-order valence-electron chi connectivity index (χ0n) is 15.1. The van der Waals surface area contributed by atoms with Crippen molar-refractivity contribution < 1.29 is 18.0 Å². The number of carbonyl (C=O) groups is 1. The maximum absolute atomic E-state index is 12.5. The number of aromatic nitrogens is 3. The van der Waals surface area contributed by atoms with Gasteiger partial charge < -0.3 is 5.32 Å². The van der Waals surface area contributed by atoms with Crippen molar-refractivity contribution in [1.82, 2.24) is 15.2 Å². The Morgan fingerprint density at radius 3 is 2.70 bits per heavy atom. The van der Waals surface area contributed by atoms with Crippen molar-refractivity contribution in [3.05, 3.63) is 64.1 Å². The van der Waals surface area contributed by atoms with Crippen LogP contribution in [-0.4, -0.2) is 33.1 Å². The smallest absolute Gasteiger partial charge is 0.325 e. The molecule has 12 heteroatoms. The SMILES string of the molecule is O=C(CSc1n[nH]c(N/N=C/c2cccc(Br)c2)n1)Nc1ccc(C(F)(F)F)cc1. The quantitative estimate of drug-likeness (QED) is 0.248. The minimum absolute atomic E-state index is 0.0143. The average Bonchev–Trinajstić information content (AvgIpc) is 3.14. The Balaban J connectivity index is 1.46. The molecule has 3 rings (SSSR count). The molecule has 0 unspecified atom stereocenters. The van der Waals surface area contributed by atoms with E-state index in [2.05, 4.69) is 47.0 Å². The molecule has 3 N–H and O–H groups in total. The van der Waals surface area contributed by atoms with E-state index in [0.29, 0.717) is 11.1 Å². The van der Waals surface area contributed by atoms with Crippen LogP contribution in [0.4, 0.5) is 24.8 Å². The normalized spacial score (nSPS) is 11.6. The molecule has 0 radical (unpaired) electrons. The second-order valence-corrected chi connectivity index (χ2v) is 7.66. The summed E-state index contributed by atoms with van der Waals surface area (Å²) in [6, 6.07) is 11.8. The molecular weight excluding hydrogens is 485 g/mol. The summed E-state index contributed by atoms with van der Waals surface area (Å²) in [7, 11) is 0. The zero-order valence-corrected chi connectivity index (χ0v) is 17.5. The number of amides is 1. The van der Waals surface area contributed by atoms with Gasteiger partial charge in [0.25, 0.3) is 0 Å². The number of H-pyrrole nitrogens is 1. The number of alkyl halides is 3. The maximum Gasteiger partial charge on any atom is 0.416 e. The zero-order chi connectivity index (χ0) is 21.6. The average molecular weight is 499 g/mol. The highest BCUT2D eigenvalue weighted by molar-refractivity contribution is 9.10. The van der Waals surface area contributed by atoms with Crippen LogP contribution in [0, 0.1) is 0 Å². The van der Waals surface area contributed by atoms with Gasteiger partial charge in [-0.05, 0) is 42.0 Å². The lowest BCUT2D eigenvalue weighted by Gasteiger charge is -2.08. The van der Waals surface area contributed by atoms with Crippen LogP contribution in [0.25, 0.3) is 0 Å². The number of halogens is 4. The Kier molecular flexibility index (Phi) is 7.11. The molecule has 1 heterocycles. The third-order valence-corrected chi connectivity index (χ3v) is 4.87. The van der Waals surface area contributed by atoms with Crippen molar-refractivity contribution in [2.24, 2.45) is 5.10 Å². The summed E-state index contributed by atoms with van der Waals surface area (Å²) in [5.74, 6) is -0.113. The van der Waals surface area contributed by atoms with E-state index < -0.39 is 17.6 Å². The predicted molar refractivity (Wildman–Crippen MR) is 113 cm³/mol. The first kappa shape index (κ1) is 21.8. The fourth-order valence-corrected chi connectivity index (χ4v) is 3.20. The Morgan fingerprint density at radius 1 is 1.23 bits per heavy atom. The van der Waals surface area contributed by atoms with Crippen LogP contribution >= 0.6 is 27.7 Å². The topological polar surface area (TPSA) is 95.1 Å². The van der Waals surface area contributed by atoms with E-state index in [1.807, 2.05) is 24.3 Å². The molecule has 0 saturated heterocycles. The fraction of sp³-hybridized carbons (Fsp3) is 0.111. The molecule has 0 bridgehead atoms. The molecule has 0 fully saturated rings. The highest BCUT2D eigenvalue weighted by atomic mass is 79.9. The summed E-state index contributed by atoms with van der Waals surface area (Å²) in [5.41, 5.74) is 3.07. The largest absolute Gasteiger partial charge is 0.416 e. The lowest BCUT2D eigenvalue weighted by Crippen LogP contribution is -2.14. The number of thioether (sulfide) groups is 1. The van der Waals surface area contributed by atoms with Gasteiger partial charge in [-0.15, -0.1) is 5.10 Å². The molecule has 7 nitrogen and oxygen atoms in total. The van der Waals surface area contributed by atoms with Crippen LogP contribution in [0.15, 0.2) is 63.3 Å². The second-order valence-electron chi connectivity index (χ2n) is 5.80. The van der Waals surface area contributed by atoms with E-state index in [9.17, 15) is 18.0 Å². The molecule has 0 saturated carbocycles. The number of nitrogens with zero attached hydrogens (tertiary/aromatic N) is 3. The van der Waals surface area contributed by atoms with Crippen molar-refractivity contribution in [2.45, 2.75) is 11.3 Å². The summed E-state index contributed by atoms with van der Waals surface area (Å²) in [6.07, 6.45) is -2.81. The highest BCUT2D eigenvalue weighted by Crippen LogP contribution is 2.29. The summed E-state index contributed by atoms with van der Waals surface area (Å²) in [5, 5.41) is 13.5. The van der Waals surface area contributed by atoms with E-state index in [-0.39, 0.29) is 11.4 Å². The Morgan fingerprint density at radius 2 is 2.00 bits per heavy atom. The third-order valence-electron chi connectivity index (χ3n) is 3.53. The first-order valence-corrected chi connectivity index (χ1v) is 10.1. The van der Waals surface area contributed by atoms with Gasteiger partial charge in [-0.3, -0.25) is 4.79 Å². The molecule has 0 spiro atoms. The Bertz CT molecular complexity index is 1040. The molecule has 0 aliphatic rings. The molecule has 30 heavy (non-hydrogen) atoms. The van der Waals surface area contributed by atoms with Gasteiger partial charge in [-0.1, -0.05) is 39.8 Å². The standard InChI is InChI=1S/C18H14BrF3N6OS/c19-13-3-1-2-11(8-13)9-23-26-16-25-17(28-27-16)30-10-15(29)24-14-6-4-12(5-7-14)18(20,21)22/h1-9H,10H2,(H,24,29)(H2,25,26,27,28)/b23-9+. The minimum atomic E-state index is -4.42. The van der Waals surface area contributed by atoms with E-state index in [1.165, 1.54) is 12.1 Å². The fourth-order valence-electron chi connectivity index (χ4n) is 2.19. The Hall–Kier alpha value is -2.86. The maximum atomic E-state index is 12.5. The number of hydrogen-bond acceptors (Lipinski definition) is 6. The number of aromatic amines is 1. The van der Waals surface area contributed by atoms with Gasteiger partial charge in [-0.2, -0.15) is 23.3 Å². The molecule has 2 aromatic carbocycles. The number of rotatable bonds is 7. The van der Waals surface area contributed by atoms with Crippen molar-refractivity contribution >= 4 is 51.4 Å². The van der Waals surface area contributed by atoms with Crippen molar-refractivity contribution in [1.29, 1.82) is 0 Å². The summed E-state index contributed by atoms with van der Waals surface area (Å²) < 4.78 is 38.6. The van der Waals surface area contributed by atoms with Gasteiger partial charge in [0.05, 0.1) is 17.5 Å². The van der Waals surface area contributed by atoms with Gasteiger partial charge in [-0.25, -0.2) is 10.5 Å². The summed E-state index contributed by atoms with van der Waals surface area (Å²) in [6.45, 7) is 0. The molecule has 3 aromatic rings. The van der Waals surface area contributed by atoms with E-state index in [1.54, 1.807) is 6.21 Å². The van der Waals surface area contributed by atoms with Gasteiger partial charge in [0, 0.05) is 10.2 Å². The van der Waals surface area contributed by atoms with Crippen LogP contribution in [0.5, 0.6) is 0 Å². The third kappa shape index (κ3) is 6.59. The Labute approximate surface area is 181 Å². The van der Waals surface area contributed by atoms with Gasteiger partial charge in [0.1, 0.15) is 0 Å². The van der Waals surface area contributed by atoms with Crippen LogP contribution in [0.1, 0.15) is 11.1 Å². The van der Waals surface area contributed by atoms with Crippen molar-refractivity contribution in [3.63, 3.8) is 0 Å². The van der Waals surface area contributed by atoms with Gasteiger partial charge in [0.2, 0.25) is 17.0 Å². The lowest BCUT2D eigenvalue weighted by molar-refractivity contribution is -0.137. The number of hydrogen-bond donors (Lipinski definition) is 3. The molecular formula is C18H14BrF3N6OS. The van der Waals surface area contributed by atoms with Gasteiger partial charge >= 0.3 is 6.18 Å². The monoisotopic (exact) mass is 498 g/mol. The number of hydrazone groups is 1. The number of carbonyl (C=O) groups excluding carboxylic acids is 1. The molecule has 156 valence electrons. The first-order valence-electron chi connectivity index (χ1n) is 8.36. The van der Waals surface area contributed by atoms with E-state index in [0.717, 1.165) is 33.9 Å². The lowest BCUT2D eigenvalue weighted by atomic mass is 10.2. The minimum Gasteiger partial charge on any atom is -0.325 e. The highest BCUT2D eigenvalue weighted by Gasteiger charge is 2.29. The number of nitrogens with one attached hydrogen (secondary N) is 3. The van der Waals surface area contributed by atoms with E-state index in [4.69, 9.17) is 0 Å². The molecule has 0 atom stereocenters. The molecule has 0 aliphatic carbocycles. The summed E-state index contributed by atoms with van der Waals surface area (Å²) in [4.78, 5) is 16.1. The van der Waals surface area contributed by atoms with E-state index >= 15 is 0 Å². The number of benzene rings is 2. The van der Waals surface area contributed by atoms with Crippen LogP contribution in [0.2, 0.25) is 0 Å². The first-order chi connectivity index (χ1) is 14.3. The van der Waals surface area contributed by atoms with Crippen LogP contribution in [0.3, 0.4) is 0 Å².